The molecule has 1 atom stereocenters. The molecule has 1 aliphatic heterocycles. The van der Waals surface area contributed by atoms with Gasteiger partial charge in [-0.2, -0.15) is 0 Å². The van der Waals surface area contributed by atoms with Gasteiger partial charge in [0.1, 0.15) is 18.0 Å². The predicted molar refractivity (Wildman–Crippen MR) is 66.5 cm³/mol. The smallest absolute Gasteiger partial charge is 0.154 e. The molecule has 2 heterocycles. The van der Waals surface area contributed by atoms with Crippen LogP contribution in [0.1, 0.15) is 18.4 Å². The lowest BCUT2D eigenvalue weighted by Crippen LogP contribution is -2.25. The molecule has 0 spiro atoms. The van der Waals surface area contributed by atoms with Crippen LogP contribution in [0, 0.1) is 6.92 Å². The first-order valence-electron chi connectivity index (χ1n) is 5.53. The van der Waals surface area contributed by atoms with Crippen LogP contribution in [0.2, 0.25) is 0 Å². The molecule has 0 radical (unpaired) electrons. The molecule has 1 unspecified atom stereocenters. The summed E-state index contributed by atoms with van der Waals surface area (Å²) in [5.41, 5.74) is 6.40. The second kappa shape index (κ2) is 4.48. The van der Waals surface area contributed by atoms with Gasteiger partial charge in [0.15, 0.2) is 9.84 Å². The average molecular weight is 256 g/mol. The molecule has 1 aromatic rings. The van der Waals surface area contributed by atoms with Crippen molar-refractivity contribution in [3.8, 4) is 0 Å². The highest BCUT2D eigenvalue weighted by atomic mass is 32.2. The number of hydrogen-bond donors (Lipinski definition) is 2. The first kappa shape index (κ1) is 12.1. The van der Waals surface area contributed by atoms with E-state index in [0.717, 1.165) is 18.4 Å². The molecule has 6 nitrogen and oxygen atoms in total. The molecule has 2 rings (SSSR count). The topological polar surface area (TPSA) is 98.0 Å². The highest BCUT2D eigenvalue weighted by Gasteiger charge is 2.31. The Hall–Kier alpha value is -1.37. The van der Waals surface area contributed by atoms with Gasteiger partial charge in [-0.25, -0.2) is 18.4 Å². The van der Waals surface area contributed by atoms with Gasteiger partial charge in [-0.1, -0.05) is 0 Å². The van der Waals surface area contributed by atoms with Gasteiger partial charge < -0.3 is 11.1 Å². The van der Waals surface area contributed by atoms with Crippen molar-refractivity contribution in [1.82, 2.24) is 9.97 Å². The fraction of sp³-hybridized carbons (Fsp3) is 0.600. The van der Waals surface area contributed by atoms with Crippen LogP contribution in [0.3, 0.4) is 0 Å². The van der Waals surface area contributed by atoms with Crippen molar-refractivity contribution in [3.05, 3.63) is 11.9 Å². The fourth-order valence-corrected chi connectivity index (χ4v) is 3.71. The third kappa shape index (κ3) is 2.49. The minimum absolute atomic E-state index is 0.296. The largest absolute Gasteiger partial charge is 0.383 e. The Kier molecular flexibility index (Phi) is 3.19. The Morgan fingerprint density at radius 1 is 1.53 bits per heavy atom. The van der Waals surface area contributed by atoms with Gasteiger partial charge in [-0.3, -0.25) is 0 Å². The van der Waals surface area contributed by atoms with Crippen LogP contribution in [-0.2, 0) is 9.84 Å². The average Bonchev–Trinajstić information content (AvgIpc) is 2.60. The zero-order chi connectivity index (χ0) is 12.5. The lowest BCUT2D eigenvalue weighted by atomic mass is 10.2. The number of hydrogen-bond acceptors (Lipinski definition) is 6. The van der Waals surface area contributed by atoms with E-state index in [1.165, 1.54) is 6.33 Å². The van der Waals surface area contributed by atoms with E-state index in [0.29, 0.717) is 23.9 Å². The van der Waals surface area contributed by atoms with Crippen LogP contribution < -0.4 is 11.1 Å². The van der Waals surface area contributed by atoms with Crippen LogP contribution in [0.15, 0.2) is 6.33 Å². The van der Waals surface area contributed by atoms with Gasteiger partial charge in [-0.05, 0) is 19.8 Å². The zero-order valence-electron chi connectivity index (χ0n) is 9.68. The van der Waals surface area contributed by atoms with E-state index >= 15 is 0 Å². The molecule has 0 aromatic carbocycles. The van der Waals surface area contributed by atoms with Gasteiger partial charge in [-0.15, -0.1) is 0 Å². The minimum Gasteiger partial charge on any atom is -0.383 e. The highest BCUT2D eigenvalue weighted by Crippen LogP contribution is 2.21. The summed E-state index contributed by atoms with van der Waals surface area (Å²) < 4.78 is 23.3. The Morgan fingerprint density at radius 2 is 2.29 bits per heavy atom. The number of aromatic nitrogens is 2. The third-order valence-electron chi connectivity index (χ3n) is 3.08. The molecule has 17 heavy (non-hydrogen) atoms. The molecule has 94 valence electrons. The van der Waals surface area contributed by atoms with Crippen molar-refractivity contribution in [2.75, 3.05) is 23.3 Å². The monoisotopic (exact) mass is 256 g/mol. The second-order valence-electron chi connectivity index (χ2n) is 4.24. The lowest BCUT2D eigenvalue weighted by molar-refractivity contribution is 0.591. The van der Waals surface area contributed by atoms with Crippen molar-refractivity contribution in [3.63, 3.8) is 0 Å². The summed E-state index contributed by atoms with van der Waals surface area (Å²) in [5, 5.41) is 2.73. The Morgan fingerprint density at radius 3 is 2.94 bits per heavy atom. The Labute approximate surface area is 101 Å². The Balaban J connectivity index is 2.06. The molecule has 0 bridgehead atoms. The summed E-state index contributed by atoms with van der Waals surface area (Å²) in [6.07, 6.45) is 2.84. The first-order valence-corrected chi connectivity index (χ1v) is 7.25. The van der Waals surface area contributed by atoms with Crippen molar-refractivity contribution in [1.29, 1.82) is 0 Å². The number of nitrogens with zero attached hydrogens (tertiary/aromatic N) is 2. The fourth-order valence-electron chi connectivity index (χ4n) is 1.94. The maximum atomic E-state index is 11.6. The molecule has 0 aliphatic carbocycles. The van der Waals surface area contributed by atoms with Crippen molar-refractivity contribution in [2.45, 2.75) is 25.0 Å². The molecule has 1 saturated heterocycles. The van der Waals surface area contributed by atoms with Crippen LogP contribution in [0.4, 0.5) is 11.6 Å². The summed E-state index contributed by atoms with van der Waals surface area (Å²) in [7, 11) is -2.92. The van der Waals surface area contributed by atoms with Crippen molar-refractivity contribution >= 4 is 21.5 Å². The number of nitrogens with one attached hydrogen (secondary N) is 1. The minimum atomic E-state index is -2.92. The van der Waals surface area contributed by atoms with E-state index in [9.17, 15) is 8.42 Å². The normalized spacial score (nSPS) is 22.5. The number of anilines is 2. The zero-order valence-corrected chi connectivity index (χ0v) is 10.5. The maximum absolute atomic E-state index is 11.6. The maximum Gasteiger partial charge on any atom is 0.154 e. The van der Waals surface area contributed by atoms with Gasteiger partial charge in [0.2, 0.25) is 0 Å². The molecular formula is C10H16N4O2S. The molecular weight excluding hydrogens is 240 g/mol. The van der Waals surface area contributed by atoms with Crippen molar-refractivity contribution in [2.24, 2.45) is 0 Å². The van der Waals surface area contributed by atoms with Crippen LogP contribution in [0.5, 0.6) is 0 Å². The molecule has 1 fully saturated rings. The number of nitrogen functional groups attached to an aromatic ring is 1. The highest BCUT2D eigenvalue weighted by molar-refractivity contribution is 7.92. The van der Waals surface area contributed by atoms with Crippen molar-refractivity contribution < 1.29 is 8.42 Å². The molecule has 1 aromatic heterocycles. The van der Waals surface area contributed by atoms with Crippen LogP contribution >= 0.6 is 0 Å². The molecule has 0 amide bonds. The first-order chi connectivity index (χ1) is 8.00. The summed E-state index contributed by atoms with van der Waals surface area (Å²) in [5.74, 6) is 1.32. The Bertz CT molecular complexity index is 515. The van der Waals surface area contributed by atoms with E-state index in [1.807, 2.05) is 0 Å². The summed E-state index contributed by atoms with van der Waals surface area (Å²) in [6.45, 7) is 2.19. The standard InChI is InChI=1S/C10H16N4O2S/c1-7-9(11)13-6-14-10(7)12-5-8-3-2-4-17(8,15)16/h6,8H,2-5H2,1H3,(H3,11,12,13,14). The molecule has 1 aliphatic rings. The van der Waals surface area contributed by atoms with Crippen LogP contribution in [-0.4, -0.2) is 35.9 Å². The number of sulfone groups is 1. The summed E-state index contributed by atoms with van der Waals surface area (Å²) in [6, 6.07) is 0. The van der Waals surface area contributed by atoms with E-state index < -0.39 is 9.84 Å². The second-order valence-corrected chi connectivity index (χ2v) is 6.65. The summed E-state index contributed by atoms with van der Waals surface area (Å²) >= 11 is 0. The van der Waals surface area contributed by atoms with Gasteiger partial charge in [0.25, 0.3) is 0 Å². The quantitative estimate of drug-likeness (QED) is 0.810. The predicted octanol–water partition coefficient (Wildman–Crippen LogP) is 0.356. The van der Waals surface area contributed by atoms with Gasteiger partial charge in [0, 0.05) is 12.1 Å². The molecule has 7 heteroatoms. The van der Waals surface area contributed by atoms with E-state index in [-0.39, 0.29) is 5.25 Å². The van der Waals surface area contributed by atoms with E-state index in [2.05, 4.69) is 15.3 Å². The van der Waals surface area contributed by atoms with Gasteiger partial charge >= 0.3 is 0 Å². The van der Waals surface area contributed by atoms with E-state index in [1.54, 1.807) is 6.92 Å². The SMILES string of the molecule is Cc1c(N)ncnc1NCC1CCCS1(=O)=O. The van der Waals surface area contributed by atoms with Gasteiger partial charge in [0.05, 0.1) is 11.0 Å². The molecule has 0 saturated carbocycles. The van der Waals surface area contributed by atoms with E-state index in [4.69, 9.17) is 5.73 Å². The number of rotatable bonds is 3. The summed E-state index contributed by atoms with van der Waals surface area (Å²) in [4.78, 5) is 7.91. The lowest BCUT2D eigenvalue weighted by Gasteiger charge is -2.13. The van der Waals surface area contributed by atoms with Crippen LogP contribution in [0.25, 0.3) is 0 Å². The number of nitrogens with two attached hydrogens (primary N) is 1. The molecule has 3 N–H and O–H groups in total. The third-order valence-corrected chi connectivity index (χ3v) is 5.36.